The van der Waals surface area contributed by atoms with Gasteiger partial charge in [0.1, 0.15) is 5.75 Å². The van der Waals surface area contributed by atoms with Gasteiger partial charge in [0.25, 0.3) is 0 Å². The maximum absolute atomic E-state index is 12.2. The molecule has 5 nitrogen and oxygen atoms in total. The lowest BCUT2D eigenvalue weighted by Gasteiger charge is -2.30. The first-order chi connectivity index (χ1) is 10.4. The number of halogens is 1. The van der Waals surface area contributed by atoms with E-state index in [1.165, 1.54) is 4.31 Å². The quantitative estimate of drug-likeness (QED) is 0.608. The summed E-state index contributed by atoms with van der Waals surface area (Å²) >= 11 is 5.97. The summed E-state index contributed by atoms with van der Waals surface area (Å²) < 4.78 is 31.0. The average molecular weight is 346 g/mol. The summed E-state index contributed by atoms with van der Waals surface area (Å²) in [7, 11) is -3.28. The molecule has 0 saturated carbocycles. The average Bonchev–Trinajstić information content (AvgIpc) is 2.49. The zero-order valence-corrected chi connectivity index (χ0v) is 14.1. The molecule has 1 aromatic rings. The monoisotopic (exact) mass is 345 g/mol. The van der Waals surface area contributed by atoms with Gasteiger partial charge in [-0.25, -0.2) is 12.7 Å². The largest absolute Gasteiger partial charge is 0.425 e. The lowest BCUT2D eigenvalue weighted by atomic mass is 10.00. The highest BCUT2D eigenvalue weighted by Crippen LogP contribution is 2.26. The van der Waals surface area contributed by atoms with E-state index in [-0.39, 0.29) is 12.3 Å². The highest BCUT2D eigenvalue weighted by Gasteiger charge is 2.33. The molecule has 1 aliphatic heterocycles. The van der Waals surface area contributed by atoms with Gasteiger partial charge in [-0.3, -0.25) is 4.79 Å². The van der Waals surface area contributed by atoms with Gasteiger partial charge in [0, 0.05) is 13.1 Å². The predicted octanol–water partition coefficient (Wildman–Crippen LogP) is 2.70. The second-order valence-corrected chi connectivity index (χ2v) is 7.86. The maximum Gasteiger partial charge on any atom is 0.315 e. The highest BCUT2D eigenvalue weighted by atomic mass is 35.5. The lowest BCUT2D eigenvalue weighted by Crippen LogP contribution is -2.44. The van der Waals surface area contributed by atoms with Crippen molar-refractivity contribution in [2.75, 3.05) is 18.8 Å². The first-order valence-electron chi connectivity index (χ1n) is 7.38. The van der Waals surface area contributed by atoms with E-state index in [2.05, 4.69) is 0 Å². The zero-order chi connectivity index (χ0) is 16.2. The second kappa shape index (κ2) is 7.44. The standard InChI is InChI=1S/C15H20ClNO4S/c1-2-10-22(19,20)17-9-5-6-12(11-17)15(18)21-14-8-4-3-7-13(14)16/h3-4,7-8,12H,2,5-6,9-11H2,1H3/t12-/m1/s1. The van der Waals surface area contributed by atoms with Crippen molar-refractivity contribution in [3.8, 4) is 5.75 Å². The first kappa shape index (κ1) is 17.2. The summed E-state index contributed by atoms with van der Waals surface area (Å²) in [6.45, 7) is 2.48. The third-order valence-corrected chi connectivity index (χ3v) is 5.97. The molecule has 1 atom stereocenters. The van der Waals surface area contributed by atoms with Crippen LogP contribution in [0.15, 0.2) is 24.3 Å². The first-order valence-corrected chi connectivity index (χ1v) is 9.37. The van der Waals surface area contributed by atoms with Crippen LogP contribution >= 0.6 is 11.6 Å². The minimum atomic E-state index is -3.28. The third-order valence-electron chi connectivity index (χ3n) is 3.62. The Bertz CT molecular complexity index is 632. The number of ether oxygens (including phenoxy) is 1. The molecule has 1 heterocycles. The molecule has 0 aliphatic carbocycles. The van der Waals surface area contributed by atoms with Crippen LogP contribution in [0, 0.1) is 5.92 Å². The van der Waals surface area contributed by atoms with Gasteiger partial charge in [-0.2, -0.15) is 0 Å². The summed E-state index contributed by atoms with van der Waals surface area (Å²) in [6.07, 6.45) is 1.85. The topological polar surface area (TPSA) is 63.7 Å². The van der Waals surface area contributed by atoms with Crippen LogP contribution in [-0.2, 0) is 14.8 Å². The van der Waals surface area contributed by atoms with Crippen LogP contribution in [0.1, 0.15) is 26.2 Å². The van der Waals surface area contributed by atoms with E-state index in [0.717, 1.165) is 0 Å². The molecule has 2 rings (SSSR count). The Labute approximate surface area is 136 Å². The van der Waals surface area contributed by atoms with E-state index >= 15 is 0 Å². The molecule has 1 saturated heterocycles. The molecular weight excluding hydrogens is 326 g/mol. The molecule has 0 unspecified atom stereocenters. The number of hydrogen-bond donors (Lipinski definition) is 0. The Morgan fingerprint density at radius 1 is 1.41 bits per heavy atom. The van der Waals surface area contributed by atoms with Gasteiger partial charge in [0.2, 0.25) is 10.0 Å². The third kappa shape index (κ3) is 4.21. The SMILES string of the molecule is CCCS(=O)(=O)N1CCC[C@@H](C(=O)Oc2ccccc2Cl)C1. The number of esters is 1. The zero-order valence-electron chi connectivity index (χ0n) is 12.5. The van der Waals surface area contributed by atoms with Crippen molar-refractivity contribution < 1.29 is 17.9 Å². The van der Waals surface area contributed by atoms with Crippen LogP contribution in [0.3, 0.4) is 0 Å². The van der Waals surface area contributed by atoms with E-state index < -0.39 is 21.9 Å². The summed E-state index contributed by atoms with van der Waals surface area (Å²) in [4.78, 5) is 12.2. The van der Waals surface area contributed by atoms with Gasteiger partial charge in [0.05, 0.1) is 16.7 Å². The van der Waals surface area contributed by atoms with Crippen molar-refractivity contribution >= 4 is 27.6 Å². The van der Waals surface area contributed by atoms with Crippen molar-refractivity contribution in [3.05, 3.63) is 29.3 Å². The number of sulfonamides is 1. The Balaban J connectivity index is 2.03. The Morgan fingerprint density at radius 3 is 2.82 bits per heavy atom. The molecule has 0 radical (unpaired) electrons. The van der Waals surface area contributed by atoms with Gasteiger partial charge < -0.3 is 4.74 Å². The van der Waals surface area contributed by atoms with Crippen molar-refractivity contribution in [3.63, 3.8) is 0 Å². The molecule has 0 amide bonds. The predicted molar refractivity (Wildman–Crippen MR) is 85.5 cm³/mol. The fourth-order valence-corrected chi connectivity index (χ4v) is 4.26. The van der Waals surface area contributed by atoms with Gasteiger partial charge in [-0.05, 0) is 31.4 Å². The number of hydrogen-bond acceptors (Lipinski definition) is 4. The minimum Gasteiger partial charge on any atom is -0.425 e. The highest BCUT2D eigenvalue weighted by molar-refractivity contribution is 7.89. The second-order valence-electron chi connectivity index (χ2n) is 5.36. The molecule has 0 spiro atoms. The fourth-order valence-electron chi connectivity index (χ4n) is 2.49. The van der Waals surface area contributed by atoms with Gasteiger partial charge in [-0.15, -0.1) is 0 Å². The van der Waals surface area contributed by atoms with Crippen molar-refractivity contribution in [2.45, 2.75) is 26.2 Å². The number of carbonyl (C=O) groups excluding carboxylic acids is 1. The van der Waals surface area contributed by atoms with Gasteiger partial charge >= 0.3 is 5.97 Å². The molecule has 1 fully saturated rings. The molecule has 22 heavy (non-hydrogen) atoms. The number of rotatable bonds is 5. The van der Waals surface area contributed by atoms with Crippen molar-refractivity contribution in [1.82, 2.24) is 4.31 Å². The Hall–Kier alpha value is -1.11. The number of para-hydroxylation sites is 1. The summed E-state index contributed by atoms with van der Waals surface area (Å²) in [5.41, 5.74) is 0. The van der Waals surface area contributed by atoms with Crippen LogP contribution in [0.5, 0.6) is 5.75 Å². The lowest BCUT2D eigenvalue weighted by molar-refractivity contribution is -0.140. The number of carbonyl (C=O) groups is 1. The number of benzene rings is 1. The van der Waals surface area contributed by atoms with E-state index in [1.807, 2.05) is 6.92 Å². The molecule has 1 aliphatic rings. The molecule has 0 aromatic heterocycles. The van der Waals surface area contributed by atoms with E-state index in [1.54, 1.807) is 24.3 Å². The van der Waals surface area contributed by atoms with Crippen LogP contribution in [0.25, 0.3) is 0 Å². The Morgan fingerprint density at radius 2 is 2.14 bits per heavy atom. The molecule has 7 heteroatoms. The van der Waals surface area contributed by atoms with E-state index in [4.69, 9.17) is 16.3 Å². The van der Waals surface area contributed by atoms with Crippen LogP contribution in [-0.4, -0.2) is 37.5 Å². The summed E-state index contributed by atoms with van der Waals surface area (Å²) in [6, 6.07) is 6.74. The van der Waals surface area contributed by atoms with E-state index in [9.17, 15) is 13.2 Å². The van der Waals surface area contributed by atoms with E-state index in [0.29, 0.717) is 36.6 Å². The fraction of sp³-hybridized carbons (Fsp3) is 0.533. The summed E-state index contributed by atoms with van der Waals surface area (Å²) in [5, 5.41) is 0.363. The molecule has 122 valence electrons. The minimum absolute atomic E-state index is 0.110. The normalized spacial score (nSPS) is 19.8. The summed E-state index contributed by atoms with van der Waals surface area (Å²) in [5.74, 6) is -0.455. The van der Waals surface area contributed by atoms with Crippen LogP contribution < -0.4 is 4.74 Å². The molecule has 0 N–H and O–H groups in total. The molecule has 0 bridgehead atoms. The van der Waals surface area contributed by atoms with Crippen molar-refractivity contribution in [2.24, 2.45) is 5.92 Å². The van der Waals surface area contributed by atoms with Crippen LogP contribution in [0.2, 0.25) is 5.02 Å². The van der Waals surface area contributed by atoms with Crippen molar-refractivity contribution in [1.29, 1.82) is 0 Å². The molecular formula is C15H20ClNO4S. The smallest absolute Gasteiger partial charge is 0.315 e. The number of nitrogens with zero attached hydrogens (tertiary/aromatic N) is 1. The van der Waals surface area contributed by atoms with Crippen LogP contribution in [0.4, 0.5) is 0 Å². The van der Waals surface area contributed by atoms with Gasteiger partial charge in [-0.1, -0.05) is 30.7 Å². The van der Waals surface area contributed by atoms with Gasteiger partial charge in [0.15, 0.2) is 0 Å². The number of piperidine rings is 1. The Kier molecular flexibility index (Phi) is 5.83. The molecule has 1 aromatic carbocycles. The maximum atomic E-state index is 12.2.